The van der Waals surface area contributed by atoms with Crippen LogP contribution in [0.1, 0.15) is 35.6 Å². The molecule has 6 heteroatoms. The number of sulfonamides is 1. The van der Waals surface area contributed by atoms with Crippen molar-refractivity contribution in [3.63, 3.8) is 0 Å². The van der Waals surface area contributed by atoms with Gasteiger partial charge < -0.3 is 5.32 Å². The first-order valence-corrected chi connectivity index (χ1v) is 10.8. The van der Waals surface area contributed by atoms with E-state index in [0.717, 1.165) is 28.5 Å². The number of aryl methyl sites for hydroxylation is 3. The van der Waals surface area contributed by atoms with Crippen LogP contribution in [0.15, 0.2) is 36.4 Å². The second-order valence-electron chi connectivity index (χ2n) is 7.01. The van der Waals surface area contributed by atoms with Gasteiger partial charge in [0.25, 0.3) is 0 Å². The van der Waals surface area contributed by atoms with Gasteiger partial charge >= 0.3 is 0 Å². The Kier molecular flexibility index (Phi) is 6.31. The third-order valence-electron chi connectivity index (χ3n) is 4.79. The number of hydrogen-bond acceptors (Lipinski definition) is 3. The first kappa shape index (κ1) is 21.0. The molecule has 0 fully saturated rings. The molecule has 146 valence electrons. The van der Waals surface area contributed by atoms with Crippen LogP contribution in [0.3, 0.4) is 0 Å². The van der Waals surface area contributed by atoms with Crippen molar-refractivity contribution in [3.05, 3.63) is 58.7 Å². The van der Waals surface area contributed by atoms with Gasteiger partial charge in [-0.3, -0.25) is 9.10 Å². The van der Waals surface area contributed by atoms with Crippen LogP contribution >= 0.6 is 0 Å². The summed E-state index contributed by atoms with van der Waals surface area (Å²) in [7, 11) is -3.65. The number of hydrogen-bond donors (Lipinski definition) is 1. The van der Waals surface area contributed by atoms with Crippen LogP contribution in [0.25, 0.3) is 0 Å². The molecule has 1 N–H and O–H groups in total. The Morgan fingerprint density at radius 1 is 1.07 bits per heavy atom. The summed E-state index contributed by atoms with van der Waals surface area (Å²) in [4.78, 5) is 13.0. The third-order valence-corrected chi connectivity index (χ3v) is 5.96. The summed E-state index contributed by atoms with van der Waals surface area (Å²) in [6.45, 7) is 9.48. The minimum atomic E-state index is -3.65. The first-order valence-electron chi connectivity index (χ1n) is 9.00. The second-order valence-corrected chi connectivity index (χ2v) is 8.87. The number of carbonyl (C=O) groups excluding carboxylic acids is 1. The lowest BCUT2D eigenvalue weighted by atomic mass is 10.1. The van der Waals surface area contributed by atoms with Crippen molar-refractivity contribution in [2.24, 2.45) is 0 Å². The van der Waals surface area contributed by atoms with E-state index in [-0.39, 0.29) is 5.91 Å². The van der Waals surface area contributed by atoms with Gasteiger partial charge in [-0.15, -0.1) is 0 Å². The average molecular weight is 389 g/mol. The monoisotopic (exact) mass is 388 g/mol. The zero-order valence-corrected chi connectivity index (χ0v) is 17.6. The molecule has 2 aromatic carbocycles. The Labute approximate surface area is 162 Å². The highest BCUT2D eigenvalue weighted by Crippen LogP contribution is 2.28. The van der Waals surface area contributed by atoms with Crippen molar-refractivity contribution in [2.75, 3.05) is 15.9 Å². The molecular weight excluding hydrogens is 360 g/mol. The quantitative estimate of drug-likeness (QED) is 0.810. The van der Waals surface area contributed by atoms with Crippen molar-refractivity contribution in [1.29, 1.82) is 0 Å². The zero-order valence-electron chi connectivity index (χ0n) is 16.8. The summed E-state index contributed by atoms with van der Waals surface area (Å²) < 4.78 is 26.5. The van der Waals surface area contributed by atoms with Gasteiger partial charge in [-0.05, 0) is 68.5 Å². The summed E-state index contributed by atoms with van der Waals surface area (Å²) in [5.74, 6) is -0.336. The molecule has 2 aromatic rings. The van der Waals surface area contributed by atoms with Crippen molar-refractivity contribution >= 4 is 27.3 Å². The number of nitrogens with zero attached hydrogens (tertiary/aromatic N) is 1. The minimum absolute atomic E-state index is 0.336. The lowest BCUT2D eigenvalue weighted by Gasteiger charge is -2.31. The molecule has 0 radical (unpaired) electrons. The molecule has 0 heterocycles. The van der Waals surface area contributed by atoms with Crippen molar-refractivity contribution in [2.45, 2.75) is 47.1 Å². The topological polar surface area (TPSA) is 66.5 Å². The van der Waals surface area contributed by atoms with E-state index in [9.17, 15) is 13.2 Å². The molecule has 0 aliphatic rings. The minimum Gasteiger partial charge on any atom is -0.324 e. The van der Waals surface area contributed by atoms with E-state index in [1.54, 1.807) is 0 Å². The largest absolute Gasteiger partial charge is 0.324 e. The van der Waals surface area contributed by atoms with E-state index < -0.39 is 16.1 Å². The van der Waals surface area contributed by atoms with Gasteiger partial charge in [-0.2, -0.15) is 0 Å². The molecule has 1 amide bonds. The highest BCUT2D eigenvalue weighted by molar-refractivity contribution is 7.92. The predicted molar refractivity (Wildman–Crippen MR) is 112 cm³/mol. The molecule has 0 aromatic heterocycles. The number of amides is 1. The summed E-state index contributed by atoms with van der Waals surface area (Å²) >= 11 is 0. The second kappa shape index (κ2) is 8.13. The van der Waals surface area contributed by atoms with Crippen molar-refractivity contribution in [1.82, 2.24) is 0 Å². The number of anilines is 2. The van der Waals surface area contributed by atoms with Crippen LogP contribution in [0, 0.1) is 27.7 Å². The van der Waals surface area contributed by atoms with E-state index in [0.29, 0.717) is 17.8 Å². The summed E-state index contributed by atoms with van der Waals surface area (Å²) in [5.41, 5.74) is 5.03. The van der Waals surface area contributed by atoms with Gasteiger partial charge in [-0.1, -0.05) is 31.2 Å². The van der Waals surface area contributed by atoms with Gasteiger partial charge in [0, 0.05) is 5.69 Å². The maximum Gasteiger partial charge on any atom is 0.248 e. The van der Waals surface area contributed by atoms with E-state index >= 15 is 0 Å². The van der Waals surface area contributed by atoms with Gasteiger partial charge in [0.15, 0.2) is 0 Å². The lowest BCUT2D eigenvalue weighted by Crippen LogP contribution is -2.47. The number of nitrogens with one attached hydrogen (secondary N) is 1. The van der Waals surface area contributed by atoms with Crippen LogP contribution in [0.4, 0.5) is 11.4 Å². The zero-order chi connectivity index (χ0) is 20.4. The van der Waals surface area contributed by atoms with E-state index in [2.05, 4.69) is 5.32 Å². The lowest BCUT2D eigenvalue weighted by molar-refractivity contribution is -0.117. The highest BCUT2D eigenvalue weighted by Gasteiger charge is 2.32. The molecule has 0 bridgehead atoms. The van der Waals surface area contributed by atoms with Crippen LogP contribution in [-0.4, -0.2) is 26.6 Å². The molecule has 1 unspecified atom stereocenters. The molecule has 2 rings (SSSR count). The Morgan fingerprint density at radius 2 is 1.74 bits per heavy atom. The summed E-state index contributed by atoms with van der Waals surface area (Å²) in [6.07, 6.45) is 1.50. The number of benzene rings is 2. The van der Waals surface area contributed by atoms with Crippen LogP contribution in [-0.2, 0) is 14.8 Å². The highest BCUT2D eigenvalue weighted by atomic mass is 32.2. The van der Waals surface area contributed by atoms with E-state index in [1.165, 1.54) is 4.31 Å². The molecule has 0 aliphatic carbocycles. The number of carbonyl (C=O) groups is 1. The van der Waals surface area contributed by atoms with Crippen LogP contribution in [0.5, 0.6) is 0 Å². The molecule has 0 spiro atoms. The van der Waals surface area contributed by atoms with Gasteiger partial charge in [-0.25, -0.2) is 8.42 Å². The molecule has 27 heavy (non-hydrogen) atoms. The smallest absolute Gasteiger partial charge is 0.248 e. The average Bonchev–Trinajstić information content (AvgIpc) is 2.58. The van der Waals surface area contributed by atoms with Gasteiger partial charge in [0.2, 0.25) is 15.9 Å². The van der Waals surface area contributed by atoms with Gasteiger partial charge in [0.05, 0.1) is 11.9 Å². The van der Waals surface area contributed by atoms with Crippen LogP contribution in [0.2, 0.25) is 0 Å². The van der Waals surface area contributed by atoms with Crippen molar-refractivity contribution < 1.29 is 13.2 Å². The van der Waals surface area contributed by atoms with E-state index in [1.807, 2.05) is 71.0 Å². The maximum absolute atomic E-state index is 13.0. The fourth-order valence-corrected chi connectivity index (χ4v) is 4.36. The Hall–Kier alpha value is -2.34. The molecule has 1 atom stereocenters. The fourth-order valence-electron chi connectivity index (χ4n) is 3.09. The Morgan fingerprint density at radius 3 is 2.33 bits per heavy atom. The summed E-state index contributed by atoms with van der Waals surface area (Å²) in [6, 6.07) is 10.5. The fraction of sp³-hybridized carbons (Fsp3) is 0.381. The number of rotatable bonds is 6. The SMILES string of the molecule is CCC(C(=O)Nc1cccc(C)c1C)N(c1cc(C)ccc1C)S(C)(=O)=O. The third kappa shape index (κ3) is 4.69. The molecule has 0 saturated heterocycles. The van der Waals surface area contributed by atoms with E-state index in [4.69, 9.17) is 0 Å². The molecule has 5 nitrogen and oxygen atoms in total. The van der Waals surface area contributed by atoms with Crippen LogP contribution < -0.4 is 9.62 Å². The Balaban J connectivity index is 2.48. The summed E-state index contributed by atoms with van der Waals surface area (Å²) in [5, 5.41) is 2.91. The van der Waals surface area contributed by atoms with Gasteiger partial charge in [0.1, 0.15) is 6.04 Å². The maximum atomic E-state index is 13.0. The predicted octanol–water partition coefficient (Wildman–Crippen LogP) is 4.10. The normalized spacial score (nSPS) is 12.5. The molecule has 0 saturated carbocycles. The van der Waals surface area contributed by atoms with Crippen molar-refractivity contribution in [3.8, 4) is 0 Å². The first-order chi connectivity index (χ1) is 12.6. The Bertz CT molecular complexity index is 952. The molecule has 0 aliphatic heterocycles. The molecular formula is C21H28N2O3S. The standard InChI is InChI=1S/C21H28N2O3S/c1-7-19(21(24)22-18-10-8-9-15(3)17(18)5)23(27(6,25)26)20-13-14(2)11-12-16(20)4/h8-13,19H,7H2,1-6H3,(H,22,24).